The van der Waals surface area contributed by atoms with Gasteiger partial charge in [0.05, 0.1) is 11.4 Å². The summed E-state index contributed by atoms with van der Waals surface area (Å²) in [5.41, 5.74) is 2.69. The van der Waals surface area contributed by atoms with Crippen molar-refractivity contribution in [3.63, 3.8) is 0 Å². The minimum absolute atomic E-state index is 0.0379. The number of nitrogens with zero attached hydrogens (tertiary/aromatic N) is 1. The molecule has 0 unspecified atom stereocenters. The van der Waals surface area contributed by atoms with E-state index in [1.807, 2.05) is 13.8 Å². The van der Waals surface area contributed by atoms with E-state index in [-0.39, 0.29) is 5.91 Å². The molecule has 0 spiro atoms. The molecular formula is C14H15ClN2O2S. The Balaban J connectivity index is 1.79. The van der Waals surface area contributed by atoms with Gasteiger partial charge in [-0.2, -0.15) is 0 Å². The molecule has 0 saturated heterocycles. The standard InChI is InChI=1S/C14H15ClN2O2S/c1-9-13(10(2)19-17-9)7-20-8-14(18)16-12-5-3-11(15)4-6-12/h3-6H,7-8H2,1-2H3,(H,16,18). The first-order valence-electron chi connectivity index (χ1n) is 6.11. The molecule has 6 heteroatoms. The van der Waals surface area contributed by atoms with Crippen LogP contribution in [0.4, 0.5) is 5.69 Å². The van der Waals surface area contributed by atoms with Crippen molar-refractivity contribution in [2.24, 2.45) is 0 Å². The molecule has 0 radical (unpaired) electrons. The summed E-state index contributed by atoms with van der Waals surface area (Å²) in [7, 11) is 0. The lowest BCUT2D eigenvalue weighted by Crippen LogP contribution is -2.14. The molecule has 0 aliphatic rings. The molecular weight excluding hydrogens is 296 g/mol. The summed E-state index contributed by atoms with van der Waals surface area (Å²) in [6.45, 7) is 3.78. The fourth-order valence-electron chi connectivity index (χ4n) is 1.68. The third-order valence-electron chi connectivity index (χ3n) is 2.79. The van der Waals surface area contributed by atoms with E-state index in [4.69, 9.17) is 16.1 Å². The number of anilines is 1. The number of carbonyl (C=O) groups excluding carboxylic acids is 1. The molecule has 2 rings (SSSR count). The van der Waals surface area contributed by atoms with E-state index in [0.717, 1.165) is 28.5 Å². The third-order valence-corrected chi connectivity index (χ3v) is 4.00. The smallest absolute Gasteiger partial charge is 0.234 e. The predicted octanol–water partition coefficient (Wildman–Crippen LogP) is 3.82. The van der Waals surface area contributed by atoms with Gasteiger partial charge in [0.15, 0.2) is 0 Å². The van der Waals surface area contributed by atoms with Crippen molar-refractivity contribution in [2.75, 3.05) is 11.1 Å². The van der Waals surface area contributed by atoms with Crippen molar-refractivity contribution in [2.45, 2.75) is 19.6 Å². The molecule has 0 fully saturated rings. The Morgan fingerprint density at radius 2 is 2.05 bits per heavy atom. The lowest BCUT2D eigenvalue weighted by molar-refractivity contribution is -0.113. The molecule has 2 aromatic rings. The number of hydrogen-bond donors (Lipinski definition) is 1. The molecule has 1 N–H and O–H groups in total. The number of halogens is 1. The van der Waals surface area contributed by atoms with Gasteiger partial charge in [0.1, 0.15) is 5.76 Å². The maximum absolute atomic E-state index is 11.8. The SMILES string of the molecule is Cc1noc(C)c1CSCC(=O)Nc1ccc(Cl)cc1. The highest BCUT2D eigenvalue weighted by molar-refractivity contribution is 7.99. The Morgan fingerprint density at radius 3 is 2.65 bits per heavy atom. The van der Waals surface area contributed by atoms with E-state index < -0.39 is 0 Å². The Morgan fingerprint density at radius 1 is 1.35 bits per heavy atom. The second-order valence-corrected chi connectivity index (χ2v) is 5.77. The molecule has 0 aliphatic carbocycles. The van der Waals surface area contributed by atoms with Crippen LogP contribution in [0.1, 0.15) is 17.0 Å². The Kier molecular flexibility index (Phi) is 5.09. The fraction of sp³-hybridized carbons (Fsp3) is 0.286. The van der Waals surface area contributed by atoms with Gasteiger partial charge in [-0.15, -0.1) is 11.8 Å². The zero-order valence-electron chi connectivity index (χ0n) is 11.3. The van der Waals surface area contributed by atoms with Gasteiger partial charge in [-0.1, -0.05) is 16.8 Å². The molecule has 0 aliphatic heterocycles. The summed E-state index contributed by atoms with van der Waals surface area (Å²) < 4.78 is 5.08. The van der Waals surface area contributed by atoms with E-state index in [0.29, 0.717) is 10.8 Å². The second-order valence-electron chi connectivity index (χ2n) is 4.35. The van der Waals surface area contributed by atoms with Crippen molar-refractivity contribution in [3.05, 3.63) is 46.3 Å². The van der Waals surface area contributed by atoms with Crippen LogP contribution >= 0.6 is 23.4 Å². The average molecular weight is 311 g/mol. The van der Waals surface area contributed by atoms with Crippen LogP contribution in [-0.4, -0.2) is 16.8 Å². The van der Waals surface area contributed by atoms with E-state index >= 15 is 0 Å². The van der Waals surface area contributed by atoms with Gasteiger partial charge in [-0.05, 0) is 38.1 Å². The highest BCUT2D eigenvalue weighted by Crippen LogP contribution is 2.20. The minimum Gasteiger partial charge on any atom is -0.361 e. The number of amides is 1. The lowest BCUT2D eigenvalue weighted by Gasteiger charge is -2.05. The predicted molar refractivity (Wildman–Crippen MR) is 82.2 cm³/mol. The van der Waals surface area contributed by atoms with Gasteiger partial charge in [-0.3, -0.25) is 4.79 Å². The molecule has 1 heterocycles. The number of nitrogens with one attached hydrogen (secondary N) is 1. The normalized spacial score (nSPS) is 10.6. The summed E-state index contributed by atoms with van der Waals surface area (Å²) in [6, 6.07) is 7.04. The molecule has 1 amide bonds. The van der Waals surface area contributed by atoms with Gasteiger partial charge in [0.2, 0.25) is 5.91 Å². The number of thioether (sulfide) groups is 1. The van der Waals surface area contributed by atoms with Crippen molar-refractivity contribution in [3.8, 4) is 0 Å². The van der Waals surface area contributed by atoms with Crippen LogP contribution in [0.2, 0.25) is 5.02 Å². The number of carbonyl (C=O) groups is 1. The molecule has 0 saturated carbocycles. The van der Waals surface area contributed by atoms with Crippen molar-refractivity contribution >= 4 is 35.0 Å². The van der Waals surface area contributed by atoms with Gasteiger partial charge in [-0.25, -0.2) is 0 Å². The van der Waals surface area contributed by atoms with Crippen LogP contribution < -0.4 is 5.32 Å². The molecule has 1 aromatic carbocycles. The molecule has 4 nitrogen and oxygen atoms in total. The van der Waals surface area contributed by atoms with Crippen LogP contribution in [0.15, 0.2) is 28.8 Å². The quantitative estimate of drug-likeness (QED) is 0.912. The maximum atomic E-state index is 11.8. The molecule has 106 valence electrons. The molecule has 0 bridgehead atoms. The van der Waals surface area contributed by atoms with Crippen LogP contribution in [0.5, 0.6) is 0 Å². The average Bonchev–Trinajstić information content (AvgIpc) is 2.73. The van der Waals surface area contributed by atoms with E-state index in [1.54, 1.807) is 24.3 Å². The number of hydrogen-bond acceptors (Lipinski definition) is 4. The topological polar surface area (TPSA) is 55.1 Å². The summed E-state index contributed by atoms with van der Waals surface area (Å²) in [5.74, 6) is 1.87. The highest BCUT2D eigenvalue weighted by atomic mass is 35.5. The molecule has 1 aromatic heterocycles. The highest BCUT2D eigenvalue weighted by Gasteiger charge is 2.10. The Bertz CT molecular complexity index is 576. The summed E-state index contributed by atoms with van der Waals surface area (Å²) in [6.07, 6.45) is 0. The van der Waals surface area contributed by atoms with Crippen molar-refractivity contribution < 1.29 is 9.32 Å². The minimum atomic E-state index is -0.0379. The number of aryl methyl sites for hydroxylation is 2. The van der Waals surface area contributed by atoms with E-state index in [2.05, 4.69) is 10.5 Å². The number of benzene rings is 1. The van der Waals surface area contributed by atoms with Gasteiger partial charge >= 0.3 is 0 Å². The Labute approximate surface area is 126 Å². The maximum Gasteiger partial charge on any atom is 0.234 e. The zero-order chi connectivity index (χ0) is 14.5. The van der Waals surface area contributed by atoms with Crippen LogP contribution in [-0.2, 0) is 10.5 Å². The number of aromatic nitrogens is 1. The number of rotatable bonds is 5. The molecule has 0 atom stereocenters. The van der Waals surface area contributed by atoms with Crippen molar-refractivity contribution in [1.82, 2.24) is 5.16 Å². The van der Waals surface area contributed by atoms with E-state index in [1.165, 1.54) is 11.8 Å². The zero-order valence-corrected chi connectivity index (χ0v) is 12.8. The van der Waals surface area contributed by atoms with Crippen LogP contribution in [0.25, 0.3) is 0 Å². The summed E-state index contributed by atoms with van der Waals surface area (Å²) in [4.78, 5) is 11.8. The van der Waals surface area contributed by atoms with Gasteiger partial charge < -0.3 is 9.84 Å². The lowest BCUT2D eigenvalue weighted by atomic mass is 10.2. The largest absolute Gasteiger partial charge is 0.361 e. The van der Waals surface area contributed by atoms with Gasteiger partial charge in [0, 0.05) is 22.0 Å². The van der Waals surface area contributed by atoms with Crippen LogP contribution in [0.3, 0.4) is 0 Å². The first-order valence-corrected chi connectivity index (χ1v) is 7.64. The first-order chi connectivity index (χ1) is 9.56. The van der Waals surface area contributed by atoms with Crippen LogP contribution in [0, 0.1) is 13.8 Å². The first kappa shape index (κ1) is 14.9. The Hall–Kier alpha value is -1.46. The summed E-state index contributed by atoms with van der Waals surface area (Å²) in [5, 5.41) is 7.36. The molecule has 20 heavy (non-hydrogen) atoms. The van der Waals surface area contributed by atoms with Crippen molar-refractivity contribution in [1.29, 1.82) is 0 Å². The van der Waals surface area contributed by atoms with Gasteiger partial charge in [0.25, 0.3) is 0 Å². The second kappa shape index (κ2) is 6.81. The monoisotopic (exact) mass is 310 g/mol. The third kappa shape index (κ3) is 4.02. The van der Waals surface area contributed by atoms with E-state index in [9.17, 15) is 4.79 Å². The fourth-order valence-corrected chi connectivity index (χ4v) is 2.79. The summed E-state index contributed by atoms with van der Waals surface area (Å²) >= 11 is 7.32.